The van der Waals surface area contributed by atoms with E-state index in [1.54, 1.807) is 0 Å². The summed E-state index contributed by atoms with van der Waals surface area (Å²) in [6, 6.07) is 0. The molecule has 0 saturated carbocycles. The molecular weight excluding hydrogens is 194 g/mol. The fourth-order valence-corrected chi connectivity index (χ4v) is 2.04. The highest BCUT2D eigenvalue weighted by Crippen LogP contribution is 2.12. The van der Waals surface area contributed by atoms with Crippen molar-refractivity contribution in [2.24, 2.45) is 0 Å². The molecule has 1 N–H and O–H groups in total. The normalized spacial score (nSPS) is 11.8. The van der Waals surface area contributed by atoms with Gasteiger partial charge in [0.05, 0.1) is 0 Å². The molecule has 0 aromatic rings. The minimum absolute atomic E-state index is 1.23. The van der Waals surface area contributed by atoms with Crippen molar-refractivity contribution in [1.82, 2.24) is 5.32 Å². The van der Waals surface area contributed by atoms with Crippen molar-refractivity contribution >= 4 is 0 Å². The predicted octanol–water partition coefficient (Wildman–Crippen LogP) is 5.03. The van der Waals surface area contributed by atoms with Crippen LogP contribution >= 0.6 is 0 Å². The van der Waals surface area contributed by atoms with Gasteiger partial charge in [-0.2, -0.15) is 0 Å². The number of hydrogen-bond donors (Lipinski definition) is 1. The van der Waals surface area contributed by atoms with Gasteiger partial charge >= 0.3 is 0 Å². The molecule has 0 bridgehead atoms. The molecule has 0 aliphatic rings. The predicted molar refractivity (Wildman–Crippen MR) is 74.7 cm³/mol. The molecular formula is C15H31N. The van der Waals surface area contributed by atoms with E-state index < -0.39 is 0 Å². The zero-order valence-corrected chi connectivity index (χ0v) is 11.6. The molecule has 1 nitrogen and oxygen atoms in total. The topological polar surface area (TPSA) is 12.0 Å². The van der Waals surface area contributed by atoms with E-state index in [9.17, 15) is 0 Å². The van der Waals surface area contributed by atoms with Crippen molar-refractivity contribution in [3.63, 3.8) is 0 Å². The molecule has 0 amide bonds. The second-order valence-corrected chi connectivity index (χ2v) is 4.64. The van der Waals surface area contributed by atoms with Crippen LogP contribution in [0.2, 0.25) is 0 Å². The summed E-state index contributed by atoms with van der Waals surface area (Å²) in [5, 5.41) is 3.24. The first-order valence-electron chi connectivity index (χ1n) is 7.18. The monoisotopic (exact) mass is 225 g/mol. The molecule has 0 aromatic carbocycles. The smallest absolute Gasteiger partial charge is 0.00607 e. The molecule has 1 heteroatoms. The Bertz CT molecular complexity index is 161. The molecule has 0 aromatic heterocycles. The van der Waals surface area contributed by atoms with Crippen LogP contribution in [0.5, 0.6) is 0 Å². The fourth-order valence-electron chi connectivity index (χ4n) is 2.04. The van der Waals surface area contributed by atoms with Crippen LogP contribution in [-0.4, -0.2) is 7.05 Å². The second kappa shape index (κ2) is 12.6. The number of allylic oxidation sites excluding steroid dienone is 2. The Morgan fingerprint density at radius 2 is 1.38 bits per heavy atom. The van der Waals surface area contributed by atoms with E-state index in [1.807, 2.05) is 7.05 Å². The third-order valence-corrected chi connectivity index (χ3v) is 3.22. The Labute approximate surface area is 103 Å². The molecule has 0 radical (unpaired) electrons. The fraction of sp³-hybridized carbons (Fsp3) is 0.867. The zero-order chi connectivity index (χ0) is 12.1. The average molecular weight is 225 g/mol. The maximum absolute atomic E-state index is 3.24. The Morgan fingerprint density at radius 1 is 0.875 bits per heavy atom. The van der Waals surface area contributed by atoms with Crippen molar-refractivity contribution in [2.75, 3.05) is 7.05 Å². The van der Waals surface area contributed by atoms with Crippen LogP contribution in [-0.2, 0) is 0 Å². The molecule has 16 heavy (non-hydrogen) atoms. The van der Waals surface area contributed by atoms with Crippen LogP contribution in [0.4, 0.5) is 0 Å². The third kappa shape index (κ3) is 10.1. The summed E-state index contributed by atoms with van der Waals surface area (Å²) in [6.07, 6.45) is 16.1. The number of rotatable bonds is 11. The number of unbranched alkanes of at least 4 members (excludes halogenated alkanes) is 8. The highest BCUT2D eigenvalue weighted by molar-refractivity contribution is 4.95. The average Bonchev–Trinajstić information content (AvgIpc) is 2.32. The summed E-state index contributed by atoms with van der Waals surface area (Å²) < 4.78 is 0. The van der Waals surface area contributed by atoms with E-state index in [0.29, 0.717) is 0 Å². The molecule has 0 spiro atoms. The summed E-state index contributed by atoms with van der Waals surface area (Å²) in [7, 11) is 2.02. The molecule has 0 fully saturated rings. The summed E-state index contributed by atoms with van der Waals surface area (Å²) in [6.45, 7) is 4.39. The van der Waals surface area contributed by atoms with Crippen LogP contribution in [0.15, 0.2) is 11.8 Å². The lowest BCUT2D eigenvalue weighted by Gasteiger charge is -2.05. The van der Waals surface area contributed by atoms with Crippen LogP contribution in [0.25, 0.3) is 0 Å². The van der Waals surface area contributed by atoms with Crippen LogP contribution in [0.1, 0.15) is 78.1 Å². The first-order chi connectivity index (χ1) is 7.85. The van der Waals surface area contributed by atoms with Gasteiger partial charge in [0.15, 0.2) is 0 Å². The van der Waals surface area contributed by atoms with Gasteiger partial charge in [-0.25, -0.2) is 0 Å². The zero-order valence-electron chi connectivity index (χ0n) is 11.6. The molecule has 0 saturated heterocycles. The lowest BCUT2D eigenvalue weighted by molar-refractivity contribution is 0.562. The maximum Gasteiger partial charge on any atom is 0.00607 e. The number of hydrogen-bond acceptors (Lipinski definition) is 1. The Morgan fingerprint density at radius 3 is 1.81 bits per heavy atom. The van der Waals surface area contributed by atoms with E-state index in [0.717, 1.165) is 0 Å². The molecule has 0 unspecified atom stereocenters. The maximum atomic E-state index is 3.24. The van der Waals surface area contributed by atoms with Crippen LogP contribution in [0.3, 0.4) is 0 Å². The van der Waals surface area contributed by atoms with Crippen molar-refractivity contribution in [2.45, 2.75) is 78.1 Å². The summed E-state index contributed by atoms with van der Waals surface area (Å²) in [4.78, 5) is 0. The third-order valence-electron chi connectivity index (χ3n) is 3.22. The quantitative estimate of drug-likeness (QED) is 0.486. The van der Waals surface area contributed by atoms with Gasteiger partial charge in [0.25, 0.3) is 0 Å². The summed E-state index contributed by atoms with van der Waals surface area (Å²) >= 11 is 0. The highest BCUT2D eigenvalue weighted by atomic mass is 14.8. The Kier molecular flexibility index (Phi) is 12.2. The van der Waals surface area contributed by atoms with Crippen molar-refractivity contribution in [1.29, 1.82) is 0 Å². The van der Waals surface area contributed by atoms with Crippen LogP contribution < -0.4 is 5.32 Å². The molecule has 0 aliphatic heterocycles. The largest absolute Gasteiger partial charge is 0.392 e. The SMILES string of the molecule is C/C=C(/CCCCCCCCCCC)NC. The Hall–Kier alpha value is -0.460. The highest BCUT2D eigenvalue weighted by Gasteiger charge is 1.94. The van der Waals surface area contributed by atoms with E-state index in [2.05, 4.69) is 25.2 Å². The molecule has 0 heterocycles. The minimum atomic E-state index is 1.23. The van der Waals surface area contributed by atoms with E-state index in [1.165, 1.54) is 69.9 Å². The summed E-state index contributed by atoms with van der Waals surface area (Å²) in [5.74, 6) is 0. The van der Waals surface area contributed by atoms with Gasteiger partial charge < -0.3 is 5.32 Å². The lowest BCUT2D eigenvalue weighted by Crippen LogP contribution is -2.04. The van der Waals surface area contributed by atoms with E-state index in [-0.39, 0.29) is 0 Å². The first-order valence-corrected chi connectivity index (χ1v) is 7.18. The van der Waals surface area contributed by atoms with Crippen molar-refractivity contribution in [3.05, 3.63) is 11.8 Å². The van der Waals surface area contributed by atoms with Gasteiger partial charge in [-0.15, -0.1) is 0 Å². The lowest BCUT2D eigenvalue weighted by atomic mass is 10.1. The molecule has 96 valence electrons. The van der Waals surface area contributed by atoms with Gasteiger partial charge in [0.2, 0.25) is 0 Å². The standard InChI is InChI=1S/C15H31N/c1-4-6-7-8-9-10-11-12-13-14-15(5-2)16-3/h5,16H,4,6-14H2,1-3H3/b15-5-. The summed E-state index contributed by atoms with van der Waals surface area (Å²) in [5.41, 5.74) is 1.39. The van der Waals surface area contributed by atoms with Gasteiger partial charge in [-0.05, 0) is 19.8 Å². The van der Waals surface area contributed by atoms with Gasteiger partial charge in [0, 0.05) is 12.7 Å². The molecule has 0 atom stereocenters. The van der Waals surface area contributed by atoms with Crippen molar-refractivity contribution < 1.29 is 0 Å². The van der Waals surface area contributed by atoms with Gasteiger partial charge in [-0.1, -0.05) is 64.4 Å². The van der Waals surface area contributed by atoms with Gasteiger partial charge in [0.1, 0.15) is 0 Å². The molecule has 0 aliphatic carbocycles. The molecule has 0 rings (SSSR count). The second-order valence-electron chi connectivity index (χ2n) is 4.64. The van der Waals surface area contributed by atoms with E-state index >= 15 is 0 Å². The van der Waals surface area contributed by atoms with Crippen molar-refractivity contribution in [3.8, 4) is 0 Å². The van der Waals surface area contributed by atoms with Crippen LogP contribution in [0, 0.1) is 0 Å². The minimum Gasteiger partial charge on any atom is -0.392 e. The van der Waals surface area contributed by atoms with E-state index in [4.69, 9.17) is 0 Å². The van der Waals surface area contributed by atoms with Gasteiger partial charge in [-0.3, -0.25) is 0 Å². The first kappa shape index (κ1) is 15.5. The number of nitrogens with one attached hydrogen (secondary N) is 1. The Balaban J connectivity index is 3.09.